The maximum Gasteiger partial charge on any atom is 0.329 e. The van der Waals surface area contributed by atoms with Crippen LogP contribution in [0, 0.1) is 0 Å². The molecule has 0 fully saturated rings. The number of ether oxygens (including phenoxy) is 1. The van der Waals surface area contributed by atoms with Gasteiger partial charge in [-0.15, -0.1) is 0 Å². The number of hydrogen-bond donors (Lipinski definition) is 3. The third-order valence-corrected chi connectivity index (χ3v) is 5.42. The van der Waals surface area contributed by atoms with E-state index in [1.54, 1.807) is 0 Å². The van der Waals surface area contributed by atoms with E-state index in [4.69, 9.17) is 15.6 Å². The molecule has 0 heterocycles. The third-order valence-electron chi connectivity index (χ3n) is 5.42. The summed E-state index contributed by atoms with van der Waals surface area (Å²) in [6.45, 7) is 3.32. The lowest BCUT2D eigenvalue weighted by molar-refractivity contribution is -0.150. The second kappa shape index (κ2) is 20.3. The van der Waals surface area contributed by atoms with Crippen LogP contribution in [-0.2, 0) is 19.1 Å². The van der Waals surface area contributed by atoms with Gasteiger partial charge in [0.2, 0.25) is 5.91 Å². The zero-order valence-corrected chi connectivity index (χ0v) is 19.8. The number of carbonyl (C=O) groups is 3. The number of hydrogen-bond acceptors (Lipinski definition) is 5. The van der Waals surface area contributed by atoms with E-state index in [1.165, 1.54) is 84.0 Å². The van der Waals surface area contributed by atoms with Crippen LogP contribution in [0.4, 0.5) is 0 Å². The molecule has 0 spiro atoms. The number of nitrogens with two attached hydrogens (primary N) is 1. The van der Waals surface area contributed by atoms with Gasteiger partial charge in [0.05, 0.1) is 6.04 Å². The maximum absolute atomic E-state index is 11.8. The van der Waals surface area contributed by atoms with Gasteiger partial charge in [0, 0.05) is 6.42 Å². The standard InChI is InChI=1S/C24H46N2O5/c1-3-4-5-6-7-8-9-10-11-12-13-14-15-16-17-18-22(27)31-19-21(24(29)30)26-23(28)20(2)25/h20-21H,3-19,25H2,1-2H3,(H,26,28)(H,29,30)/t20-,21-/m0/s1. The molecular weight excluding hydrogens is 396 g/mol. The molecule has 7 nitrogen and oxygen atoms in total. The summed E-state index contributed by atoms with van der Waals surface area (Å²) >= 11 is 0. The predicted octanol–water partition coefficient (Wildman–Crippen LogP) is 4.71. The highest BCUT2D eigenvalue weighted by Gasteiger charge is 2.23. The Hall–Kier alpha value is -1.63. The molecule has 2 atom stereocenters. The number of unbranched alkanes of at least 4 members (excludes halogenated alkanes) is 14. The first-order valence-electron chi connectivity index (χ1n) is 12.3. The number of carbonyl (C=O) groups excluding carboxylic acids is 2. The van der Waals surface area contributed by atoms with Crippen LogP contribution in [0.3, 0.4) is 0 Å². The van der Waals surface area contributed by atoms with Crippen LogP contribution in [0.2, 0.25) is 0 Å². The number of carboxylic acids is 1. The third kappa shape index (κ3) is 18.8. The molecule has 0 bridgehead atoms. The van der Waals surface area contributed by atoms with Gasteiger partial charge in [-0.05, 0) is 13.3 Å². The Bertz CT molecular complexity index is 483. The van der Waals surface area contributed by atoms with Crippen molar-refractivity contribution < 1.29 is 24.2 Å². The van der Waals surface area contributed by atoms with Crippen LogP contribution in [0.1, 0.15) is 117 Å². The molecule has 0 saturated heterocycles. The lowest BCUT2D eigenvalue weighted by Crippen LogP contribution is -2.49. The van der Waals surface area contributed by atoms with Gasteiger partial charge in [0.15, 0.2) is 6.04 Å². The van der Waals surface area contributed by atoms with Crippen LogP contribution in [-0.4, -0.2) is 41.6 Å². The first kappa shape index (κ1) is 29.4. The normalized spacial score (nSPS) is 12.9. The second-order valence-electron chi connectivity index (χ2n) is 8.57. The van der Waals surface area contributed by atoms with Crippen LogP contribution in [0.5, 0.6) is 0 Å². The summed E-state index contributed by atoms with van der Waals surface area (Å²) in [6.07, 6.45) is 19.1. The highest BCUT2D eigenvalue weighted by molar-refractivity contribution is 5.86. The molecule has 0 aliphatic heterocycles. The van der Waals surface area contributed by atoms with E-state index in [9.17, 15) is 14.4 Å². The van der Waals surface area contributed by atoms with E-state index in [0.717, 1.165) is 19.3 Å². The van der Waals surface area contributed by atoms with Crippen molar-refractivity contribution in [1.29, 1.82) is 0 Å². The van der Waals surface area contributed by atoms with Gasteiger partial charge in [0.1, 0.15) is 6.61 Å². The van der Waals surface area contributed by atoms with Gasteiger partial charge < -0.3 is 20.9 Å². The van der Waals surface area contributed by atoms with E-state index < -0.39 is 29.9 Å². The van der Waals surface area contributed by atoms with Crippen molar-refractivity contribution in [3.63, 3.8) is 0 Å². The van der Waals surface area contributed by atoms with Crippen LogP contribution in [0.15, 0.2) is 0 Å². The van der Waals surface area contributed by atoms with Gasteiger partial charge in [-0.25, -0.2) is 4.79 Å². The van der Waals surface area contributed by atoms with E-state index in [-0.39, 0.29) is 13.0 Å². The molecular formula is C24H46N2O5. The molecule has 182 valence electrons. The van der Waals surface area contributed by atoms with E-state index in [2.05, 4.69) is 12.2 Å². The van der Waals surface area contributed by atoms with E-state index >= 15 is 0 Å². The molecule has 0 aromatic heterocycles. The summed E-state index contributed by atoms with van der Waals surface area (Å²) in [5, 5.41) is 11.3. The Kier molecular flexibility index (Phi) is 19.2. The molecule has 4 N–H and O–H groups in total. The van der Waals surface area contributed by atoms with Gasteiger partial charge in [-0.1, -0.05) is 96.8 Å². The summed E-state index contributed by atoms with van der Waals surface area (Å²) in [6, 6.07) is -2.10. The first-order chi connectivity index (χ1) is 14.9. The molecule has 1 amide bonds. The topological polar surface area (TPSA) is 119 Å². The Labute approximate surface area is 188 Å². The number of carboxylic acid groups (broad SMARTS) is 1. The average Bonchev–Trinajstić information content (AvgIpc) is 2.73. The minimum atomic E-state index is -1.27. The SMILES string of the molecule is CCCCCCCCCCCCCCCCCC(=O)OC[C@H](NC(=O)[C@H](C)N)C(=O)O. The number of rotatable bonds is 21. The van der Waals surface area contributed by atoms with Crippen molar-refractivity contribution in [2.45, 2.75) is 129 Å². The summed E-state index contributed by atoms with van der Waals surface area (Å²) in [5.74, 6) is -2.28. The van der Waals surface area contributed by atoms with Gasteiger partial charge in [-0.2, -0.15) is 0 Å². The lowest BCUT2D eigenvalue weighted by atomic mass is 10.0. The van der Waals surface area contributed by atoms with Gasteiger partial charge in [0.25, 0.3) is 0 Å². The summed E-state index contributed by atoms with van der Waals surface area (Å²) in [4.78, 5) is 34.4. The fourth-order valence-electron chi connectivity index (χ4n) is 3.37. The van der Waals surface area contributed by atoms with Crippen molar-refractivity contribution in [2.24, 2.45) is 5.73 Å². The van der Waals surface area contributed by atoms with Crippen molar-refractivity contribution in [1.82, 2.24) is 5.32 Å². The van der Waals surface area contributed by atoms with Crippen molar-refractivity contribution in [3.05, 3.63) is 0 Å². The minimum Gasteiger partial charge on any atom is -0.480 e. The molecule has 0 aliphatic carbocycles. The van der Waals surface area contributed by atoms with Crippen molar-refractivity contribution >= 4 is 17.8 Å². The Morgan fingerprint density at radius 3 is 1.61 bits per heavy atom. The number of nitrogens with one attached hydrogen (secondary N) is 1. The molecule has 31 heavy (non-hydrogen) atoms. The number of esters is 1. The van der Waals surface area contributed by atoms with Gasteiger partial charge in [-0.3, -0.25) is 9.59 Å². The number of aliphatic carboxylic acids is 1. The van der Waals surface area contributed by atoms with Crippen LogP contribution < -0.4 is 11.1 Å². The predicted molar refractivity (Wildman–Crippen MR) is 124 cm³/mol. The molecule has 0 saturated carbocycles. The molecule has 7 heteroatoms. The molecule has 0 aromatic rings. The first-order valence-corrected chi connectivity index (χ1v) is 12.3. The van der Waals surface area contributed by atoms with Gasteiger partial charge >= 0.3 is 11.9 Å². The molecule has 0 unspecified atom stereocenters. The maximum atomic E-state index is 11.8. The molecule has 0 rings (SSSR count). The second-order valence-corrected chi connectivity index (χ2v) is 8.57. The highest BCUT2D eigenvalue weighted by atomic mass is 16.5. The quantitative estimate of drug-likeness (QED) is 0.175. The van der Waals surface area contributed by atoms with Crippen LogP contribution >= 0.6 is 0 Å². The van der Waals surface area contributed by atoms with Crippen molar-refractivity contribution in [3.8, 4) is 0 Å². The fourth-order valence-corrected chi connectivity index (χ4v) is 3.37. The van der Waals surface area contributed by atoms with Crippen LogP contribution in [0.25, 0.3) is 0 Å². The number of amides is 1. The molecule has 0 aromatic carbocycles. The zero-order chi connectivity index (χ0) is 23.3. The smallest absolute Gasteiger partial charge is 0.329 e. The fraction of sp³-hybridized carbons (Fsp3) is 0.875. The Morgan fingerprint density at radius 2 is 1.23 bits per heavy atom. The average molecular weight is 443 g/mol. The molecule has 0 aliphatic rings. The summed E-state index contributed by atoms with van der Waals surface area (Å²) in [5.41, 5.74) is 5.40. The summed E-state index contributed by atoms with van der Waals surface area (Å²) in [7, 11) is 0. The Morgan fingerprint density at radius 1 is 0.806 bits per heavy atom. The highest BCUT2D eigenvalue weighted by Crippen LogP contribution is 2.13. The monoisotopic (exact) mass is 442 g/mol. The molecule has 0 radical (unpaired) electrons. The Balaban J connectivity index is 3.53. The summed E-state index contributed by atoms with van der Waals surface area (Å²) < 4.78 is 4.99. The lowest BCUT2D eigenvalue weighted by Gasteiger charge is -2.16. The largest absolute Gasteiger partial charge is 0.480 e. The zero-order valence-electron chi connectivity index (χ0n) is 19.8. The van der Waals surface area contributed by atoms with Crippen molar-refractivity contribution in [2.75, 3.05) is 6.61 Å². The minimum absolute atomic E-state index is 0.270. The van der Waals surface area contributed by atoms with E-state index in [1.807, 2.05) is 0 Å². The van der Waals surface area contributed by atoms with E-state index in [0.29, 0.717) is 0 Å².